The lowest BCUT2D eigenvalue weighted by Gasteiger charge is -2.44. The summed E-state index contributed by atoms with van der Waals surface area (Å²) >= 11 is 0. The second-order valence-corrected chi connectivity index (χ2v) is 11.0. The number of benzene rings is 2. The molecular weight excluding hydrogens is 467 g/mol. The van der Waals surface area contributed by atoms with Crippen LogP contribution in [0.4, 0.5) is 10.1 Å². The fraction of sp³-hybridized carbons (Fsp3) is 0.360. The maximum absolute atomic E-state index is 13.4. The van der Waals surface area contributed by atoms with E-state index in [1.807, 2.05) is 32.9 Å². The van der Waals surface area contributed by atoms with E-state index < -0.39 is 10.0 Å². The molecule has 2 aromatic carbocycles. The van der Waals surface area contributed by atoms with Gasteiger partial charge in [-0.25, -0.2) is 17.5 Å². The summed E-state index contributed by atoms with van der Waals surface area (Å²) in [5, 5.41) is 9.66. The summed E-state index contributed by atoms with van der Waals surface area (Å²) in [6.45, 7) is 7.66. The molecule has 184 valence electrons. The first-order chi connectivity index (χ1) is 16.8. The van der Waals surface area contributed by atoms with Crippen molar-refractivity contribution >= 4 is 26.6 Å². The van der Waals surface area contributed by atoms with Crippen molar-refractivity contribution in [3.8, 4) is 5.69 Å². The molecule has 3 heterocycles. The third kappa shape index (κ3) is 4.32. The van der Waals surface area contributed by atoms with Crippen molar-refractivity contribution < 1.29 is 12.8 Å². The minimum Gasteiger partial charge on any atom is -0.366 e. The highest BCUT2D eigenvalue weighted by Crippen LogP contribution is 2.30. The number of hydrogen-bond donors (Lipinski definition) is 0. The van der Waals surface area contributed by atoms with Crippen LogP contribution in [0.3, 0.4) is 0 Å². The molecule has 0 bridgehead atoms. The first-order valence-electron chi connectivity index (χ1n) is 11.8. The molecule has 4 aromatic rings. The van der Waals surface area contributed by atoms with E-state index in [2.05, 4.69) is 21.2 Å². The van der Waals surface area contributed by atoms with Gasteiger partial charge in [-0.2, -0.15) is 14.5 Å². The molecule has 0 unspecified atom stereocenters. The van der Waals surface area contributed by atoms with Gasteiger partial charge in [-0.1, -0.05) is 6.92 Å². The Morgan fingerprint density at radius 2 is 1.71 bits per heavy atom. The third-order valence-electron chi connectivity index (χ3n) is 6.55. The van der Waals surface area contributed by atoms with Crippen LogP contribution in [0.2, 0.25) is 0 Å². The van der Waals surface area contributed by atoms with Crippen LogP contribution in [0, 0.1) is 5.82 Å². The van der Waals surface area contributed by atoms with E-state index in [9.17, 15) is 12.8 Å². The van der Waals surface area contributed by atoms with Gasteiger partial charge in [-0.05, 0) is 62.7 Å². The van der Waals surface area contributed by atoms with Crippen LogP contribution < -0.4 is 4.90 Å². The molecule has 1 aliphatic rings. The number of anilines is 1. The fourth-order valence-corrected chi connectivity index (χ4v) is 6.40. The van der Waals surface area contributed by atoms with E-state index in [0.29, 0.717) is 19.6 Å². The zero-order chi connectivity index (χ0) is 24.7. The van der Waals surface area contributed by atoms with Crippen molar-refractivity contribution in [2.75, 3.05) is 18.0 Å². The van der Waals surface area contributed by atoms with Crippen molar-refractivity contribution in [2.24, 2.45) is 0 Å². The molecule has 8 nitrogen and oxygen atoms in total. The largest absolute Gasteiger partial charge is 0.366 e. The number of sulfonamides is 1. The van der Waals surface area contributed by atoms with Gasteiger partial charge >= 0.3 is 0 Å². The number of rotatable bonds is 6. The highest BCUT2D eigenvalue weighted by atomic mass is 32.2. The maximum atomic E-state index is 13.4. The number of aryl methyl sites for hydroxylation is 1. The van der Waals surface area contributed by atoms with Gasteiger partial charge in [0.25, 0.3) is 0 Å². The van der Waals surface area contributed by atoms with Gasteiger partial charge in [0, 0.05) is 49.0 Å². The second kappa shape index (κ2) is 9.09. The molecule has 0 saturated carbocycles. The summed E-state index contributed by atoms with van der Waals surface area (Å²) in [6, 6.07) is 12.1. The average Bonchev–Trinajstić information content (AvgIpc) is 3.48. The Kier molecular flexibility index (Phi) is 6.10. The Hall–Kier alpha value is -3.24. The molecule has 0 radical (unpaired) electrons. The van der Waals surface area contributed by atoms with Crippen LogP contribution >= 0.6 is 0 Å². The Morgan fingerprint density at radius 1 is 0.971 bits per heavy atom. The number of nitrogens with zero attached hydrogens (tertiary/aromatic N) is 6. The van der Waals surface area contributed by atoms with Crippen LogP contribution in [0.25, 0.3) is 16.6 Å². The molecular formula is C25H29FN6O2S. The highest BCUT2D eigenvalue weighted by molar-refractivity contribution is 7.89. The molecule has 1 aliphatic heterocycles. The van der Waals surface area contributed by atoms with E-state index in [1.54, 1.807) is 38.2 Å². The monoisotopic (exact) mass is 496 g/mol. The van der Waals surface area contributed by atoms with Gasteiger partial charge in [0.05, 0.1) is 23.6 Å². The lowest BCUT2D eigenvalue weighted by atomic mass is 10.1. The van der Waals surface area contributed by atoms with E-state index in [0.717, 1.165) is 28.7 Å². The van der Waals surface area contributed by atoms with Gasteiger partial charge in [0.2, 0.25) is 10.0 Å². The minimum atomic E-state index is -3.63. The fourth-order valence-electron chi connectivity index (χ4n) is 4.74. The van der Waals surface area contributed by atoms with Crippen LogP contribution in [0.5, 0.6) is 0 Å². The lowest BCUT2D eigenvalue weighted by Crippen LogP contribution is -2.58. The van der Waals surface area contributed by atoms with Crippen molar-refractivity contribution in [2.45, 2.75) is 50.7 Å². The normalized spacial score (nSPS) is 19.5. The molecule has 0 aliphatic carbocycles. The van der Waals surface area contributed by atoms with Crippen LogP contribution in [0.15, 0.2) is 66.0 Å². The average molecular weight is 497 g/mol. The van der Waals surface area contributed by atoms with Gasteiger partial charge < -0.3 is 4.90 Å². The minimum absolute atomic E-state index is 0.0174. The number of piperazine rings is 1. The number of fused-ring (bicyclic) bond motifs is 1. The molecule has 5 rings (SSSR count). The van der Waals surface area contributed by atoms with E-state index in [4.69, 9.17) is 0 Å². The van der Waals surface area contributed by atoms with Gasteiger partial charge in [0.1, 0.15) is 10.7 Å². The van der Waals surface area contributed by atoms with Crippen molar-refractivity contribution in [1.82, 2.24) is 23.9 Å². The molecule has 0 amide bonds. The molecule has 10 heteroatoms. The molecule has 0 N–H and O–H groups in total. The topological polar surface area (TPSA) is 76.3 Å². The summed E-state index contributed by atoms with van der Waals surface area (Å²) in [5.74, 6) is -0.286. The van der Waals surface area contributed by atoms with Crippen LogP contribution in [-0.2, 0) is 16.6 Å². The van der Waals surface area contributed by atoms with Crippen LogP contribution in [-0.4, -0.2) is 57.5 Å². The predicted molar refractivity (Wildman–Crippen MR) is 134 cm³/mol. The summed E-state index contributed by atoms with van der Waals surface area (Å²) in [7, 11) is -3.63. The number of hydrogen-bond acceptors (Lipinski definition) is 5. The summed E-state index contributed by atoms with van der Waals surface area (Å²) in [5.41, 5.74) is 2.73. The Bertz CT molecular complexity index is 1450. The molecule has 1 saturated heterocycles. The first kappa shape index (κ1) is 23.5. The number of halogens is 1. The molecule has 0 spiro atoms. The summed E-state index contributed by atoms with van der Waals surface area (Å²) < 4.78 is 45.1. The van der Waals surface area contributed by atoms with E-state index >= 15 is 0 Å². The summed E-state index contributed by atoms with van der Waals surface area (Å²) in [4.78, 5) is 2.49. The number of aromatic nitrogens is 4. The first-order valence-corrected chi connectivity index (χ1v) is 13.3. The van der Waals surface area contributed by atoms with Crippen molar-refractivity contribution in [1.29, 1.82) is 0 Å². The molecule has 35 heavy (non-hydrogen) atoms. The molecule has 2 atom stereocenters. The zero-order valence-corrected chi connectivity index (χ0v) is 20.9. The van der Waals surface area contributed by atoms with Gasteiger partial charge in [0.15, 0.2) is 0 Å². The van der Waals surface area contributed by atoms with Gasteiger partial charge in [-0.3, -0.25) is 4.68 Å². The predicted octanol–water partition coefficient (Wildman–Crippen LogP) is 4.06. The zero-order valence-electron chi connectivity index (χ0n) is 20.0. The van der Waals surface area contributed by atoms with Gasteiger partial charge in [-0.15, -0.1) is 0 Å². The SMILES string of the molecule is CCCn1cc(S(=O)(=O)N2C[C@H](C)N(c3ccc4c(cnn4-c4ccc(F)cc4)c3)C[C@@H]2C)cn1. The van der Waals surface area contributed by atoms with Crippen LogP contribution in [0.1, 0.15) is 27.2 Å². The Balaban J connectivity index is 1.38. The Morgan fingerprint density at radius 3 is 2.46 bits per heavy atom. The Labute approximate surface area is 204 Å². The van der Waals surface area contributed by atoms with E-state index in [1.165, 1.54) is 18.3 Å². The van der Waals surface area contributed by atoms with Crippen molar-refractivity contribution in [3.63, 3.8) is 0 Å². The van der Waals surface area contributed by atoms with E-state index in [-0.39, 0.29) is 22.8 Å². The maximum Gasteiger partial charge on any atom is 0.246 e. The molecule has 1 fully saturated rings. The lowest BCUT2D eigenvalue weighted by molar-refractivity contribution is 0.273. The van der Waals surface area contributed by atoms with Crippen molar-refractivity contribution in [3.05, 3.63) is 66.9 Å². The summed E-state index contributed by atoms with van der Waals surface area (Å²) in [6.07, 6.45) is 5.75. The smallest absolute Gasteiger partial charge is 0.246 e. The quantitative estimate of drug-likeness (QED) is 0.402. The third-order valence-corrected chi connectivity index (χ3v) is 8.49. The molecule has 2 aromatic heterocycles. The highest BCUT2D eigenvalue weighted by Gasteiger charge is 2.37. The second-order valence-electron chi connectivity index (χ2n) is 9.14. The standard InChI is InChI=1S/C25H29FN6O2S/c1-4-11-29-17-24(14-27-29)35(33,34)31-16-18(2)30(15-19(31)3)23-9-10-25-20(12-23)13-28-32(25)22-7-5-21(26)6-8-22/h5-10,12-14,17-19H,4,11,15-16H2,1-3H3/t18-,19-/m0/s1.